The fourth-order valence-corrected chi connectivity index (χ4v) is 4.01. The maximum absolute atomic E-state index is 5.34. The molecular formula is C21H34OS2. The average molecular weight is 367 g/mol. The fraction of sp³-hybridized carbons (Fsp3) is 0.714. The van der Waals surface area contributed by atoms with E-state index in [1.807, 2.05) is 0 Å². The molecule has 0 aromatic carbocycles. The van der Waals surface area contributed by atoms with Gasteiger partial charge in [-0.3, -0.25) is 0 Å². The molecule has 1 aromatic heterocycles. The average Bonchev–Trinajstić information content (AvgIpc) is 3.11. The van der Waals surface area contributed by atoms with E-state index >= 15 is 0 Å². The zero-order valence-electron chi connectivity index (χ0n) is 15.4. The lowest BCUT2D eigenvalue weighted by molar-refractivity contribution is 0.149. The minimum atomic E-state index is 0.854. The van der Waals surface area contributed by atoms with Crippen LogP contribution in [0.4, 0.5) is 0 Å². The molecule has 24 heavy (non-hydrogen) atoms. The van der Waals surface area contributed by atoms with Gasteiger partial charge in [0, 0.05) is 19.6 Å². The van der Waals surface area contributed by atoms with Gasteiger partial charge in [0.05, 0.1) is 4.88 Å². The molecule has 0 amide bonds. The van der Waals surface area contributed by atoms with Gasteiger partial charge in [-0.25, -0.2) is 0 Å². The molecule has 0 aliphatic carbocycles. The smallest absolute Gasteiger partial charge is 0.0768 e. The lowest BCUT2D eigenvalue weighted by Crippen LogP contribution is -1.95. The van der Waals surface area contributed by atoms with E-state index in [-0.39, 0.29) is 0 Å². The van der Waals surface area contributed by atoms with E-state index < -0.39 is 0 Å². The molecule has 0 saturated carbocycles. The Labute approximate surface area is 158 Å². The molecule has 0 atom stereocenters. The van der Waals surface area contributed by atoms with Crippen molar-refractivity contribution in [2.75, 3.05) is 24.7 Å². The summed E-state index contributed by atoms with van der Waals surface area (Å²) in [4.78, 5) is 1.20. The van der Waals surface area contributed by atoms with Crippen molar-refractivity contribution in [3.8, 4) is 11.8 Å². The van der Waals surface area contributed by atoms with Crippen LogP contribution in [0.15, 0.2) is 17.5 Å². The summed E-state index contributed by atoms with van der Waals surface area (Å²) >= 11 is 3.82. The monoisotopic (exact) mass is 366 g/mol. The van der Waals surface area contributed by atoms with Crippen molar-refractivity contribution >= 4 is 23.1 Å². The van der Waals surface area contributed by atoms with E-state index in [0.29, 0.717) is 0 Å². The zero-order valence-corrected chi connectivity index (χ0v) is 17.0. The van der Waals surface area contributed by atoms with Crippen molar-refractivity contribution in [3.63, 3.8) is 0 Å². The molecule has 0 aliphatic heterocycles. The summed E-state index contributed by atoms with van der Waals surface area (Å²) in [5.41, 5.74) is 0. The predicted molar refractivity (Wildman–Crippen MR) is 111 cm³/mol. The summed E-state index contributed by atoms with van der Waals surface area (Å²) < 4.78 is 5.34. The molecule has 1 heterocycles. The van der Waals surface area contributed by atoms with Crippen LogP contribution in [-0.2, 0) is 4.74 Å². The van der Waals surface area contributed by atoms with Crippen LogP contribution in [0.1, 0.15) is 76.0 Å². The van der Waals surface area contributed by atoms with Crippen molar-refractivity contribution < 1.29 is 4.74 Å². The third kappa shape index (κ3) is 14.0. The summed E-state index contributed by atoms with van der Waals surface area (Å²) in [6.45, 7) is 3.85. The lowest BCUT2D eigenvalue weighted by Gasteiger charge is -2.03. The first-order valence-corrected chi connectivity index (χ1v) is 11.6. The van der Waals surface area contributed by atoms with E-state index in [0.717, 1.165) is 19.6 Å². The topological polar surface area (TPSA) is 9.23 Å². The van der Waals surface area contributed by atoms with Crippen molar-refractivity contribution in [3.05, 3.63) is 22.4 Å². The third-order valence-corrected chi connectivity index (χ3v) is 5.79. The highest BCUT2D eigenvalue weighted by molar-refractivity contribution is 7.99. The Kier molecular flexibility index (Phi) is 15.7. The van der Waals surface area contributed by atoms with Crippen molar-refractivity contribution in [2.45, 2.75) is 71.1 Å². The molecule has 0 N–H and O–H groups in total. The summed E-state index contributed by atoms with van der Waals surface area (Å²) in [5.74, 6) is 9.11. The second-order valence-electron chi connectivity index (χ2n) is 6.02. The number of unbranched alkanes of at least 4 members (excludes halogenated alkanes) is 8. The zero-order chi connectivity index (χ0) is 17.1. The van der Waals surface area contributed by atoms with Crippen LogP contribution < -0.4 is 0 Å². The Balaban J connectivity index is 1.72. The van der Waals surface area contributed by atoms with Crippen LogP contribution in [0.2, 0.25) is 0 Å². The van der Waals surface area contributed by atoms with Crippen LogP contribution in [0.25, 0.3) is 0 Å². The summed E-state index contributed by atoms with van der Waals surface area (Å²) in [7, 11) is 0. The van der Waals surface area contributed by atoms with Gasteiger partial charge in [0.1, 0.15) is 0 Å². The van der Waals surface area contributed by atoms with Gasteiger partial charge in [-0.1, -0.05) is 56.4 Å². The van der Waals surface area contributed by atoms with E-state index in [4.69, 9.17) is 4.74 Å². The summed E-state index contributed by atoms with van der Waals surface area (Å²) in [6, 6.07) is 4.16. The number of hydrogen-bond donors (Lipinski definition) is 0. The molecule has 1 nitrogen and oxygen atoms in total. The lowest BCUT2D eigenvalue weighted by atomic mass is 10.1. The van der Waals surface area contributed by atoms with E-state index in [2.05, 4.69) is 48.0 Å². The molecule has 0 unspecified atom stereocenters. The highest BCUT2D eigenvalue weighted by atomic mass is 32.2. The quantitative estimate of drug-likeness (QED) is 0.250. The van der Waals surface area contributed by atoms with Crippen molar-refractivity contribution in [1.82, 2.24) is 0 Å². The van der Waals surface area contributed by atoms with Crippen LogP contribution in [0, 0.1) is 11.8 Å². The minimum absolute atomic E-state index is 0.854. The van der Waals surface area contributed by atoms with Gasteiger partial charge in [-0.05, 0) is 49.1 Å². The molecule has 0 saturated heterocycles. The van der Waals surface area contributed by atoms with Crippen LogP contribution in [0.3, 0.4) is 0 Å². The number of hydrogen-bond acceptors (Lipinski definition) is 3. The maximum Gasteiger partial charge on any atom is 0.0768 e. The standard InChI is InChI=1S/C21H34OS2/c1-2-22-17-14-19-23-18-12-10-8-6-4-3-5-7-9-11-15-21-16-13-20-24-21/h13,16,20H,2-10,12,14,17-19H2,1H3. The first kappa shape index (κ1) is 21.6. The molecule has 0 spiro atoms. The van der Waals surface area contributed by atoms with Crippen LogP contribution in [-0.4, -0.2) is 24.7 Å². The SMILES string of the molecule is CCOCCCSCCCCCCCCCCC#Cc1cccs1. The highest BCUT2D eigenvalue weighted by Crippen LogP contribution is 2.12. The van der Waals surface area contributed by atoms with Gasteiger partial charge in [0.25, 0.3) is 0 Å². The van der Waals surface area contributed by atoms with Gasteiger partial charge in [0.2, 0.25) is 0 Å². The summed E-state index contributed by atoms with van der Waals surface area (Å²) in [6.07, 6.45) is 13.3. The summed E-state index contributed by atoms with van der Waals surface area (Å²) in [5, 5.41) is 2.09. The van der Waals surface area contributed by atoms with E-state index in [1.54, 1.807) is 11.3 Å². The van der Waals surface area contributed by atoms with Crippen molar-refractivity contribution in [2.24, 2.45) is 0 Å². The second-order valence-corrected chi connectivity index (χ2v) is 8.19. The van der Waals surface area contributed by atoms with E-state index in [9.17, 15) is 0 Å². The first-order valence-electron chi connectivity index (χ1n) is 9.61. The molecule has 3 heteroatoms. The van der Waals surface area contributed by atoms with Crippen LogP contribution >= 0.6 is 23.1 Å². The fourth-order valence-electron chi connectivity index (χ4n) is 2.49. The molecule has 1 rings (SSSR count). The number of ether oxygens (including phenoxy) is 1. The minimum Gasteiger partial charge on any atom is -0.382 e. The highest BCUT2D eigenvalue weighted by Gasteiger charge is 1.94. The van der Waals surface area contributed by atoms with Crippen molar-refractivity contribution in [1.29, 1.82) is 0 Å². The molecule has 136 valence electrons. The van der Waals surface area contributed by atoms with Gasteiger partial charge < -0.3 is 4.74 Å². The van der Waals surface area contributed by atoms with E-state index in [1.165, 1.54) is 74.2 Å². The second kappa shape index (κ2) is 17.4. The Morgan fingerprint density at radius 2 is 1.67 bits per heavy atom. The molecule has 0 bridgehead atoms. The molecule has 1 aromatic rings. The Morgan fingerprint density at radius 3 is 2.38 bits per heavy atom. The normalized spacial score (nSPS) is 10.5. The maximum atomic E-state index is 5.34. The van der Waals surface area contributed by atoms with Gasteiger partial charge in [0.15, 0.2) is 0 Å². The number of thiophene rings is 1. The molecule has 0 radical (unpaired) electrons. The van der Waals surface area contributed by atoms with Crippen LogP contribution in [0.5, 0.6) is 0 Å². The van der Waals surface area contributed by atoms with Gasteiger partial charge in [-0.2, -0.15) is 11.8 Å². The molecule has 0 aliphatic rings. The van der Waals surface area contributed by atoms with Gasteiger partial charge in [-0.15, -0.1) is 11.3 Å². The Hall–Kier alpha value is -0.430. The molecular weight excluding hydrogens is 332 g/mol. The number of thioether (sulfide) groups is 1. The Bertz CT molecular complexity index is 417. The largest absolute Gasteiger partial charge is 0.382 e. The van der Waals surface area contributed by atoms with Gasteiger partial charge >= 0.3 is 0 Å². The number of rotatable bonds is 15. The predicted octanol–water partition coefficient (Wildman–Crippen LogP) is 6.77. The first-order chi connectivity index (χ1) is 11.9. The molecule has 0 fully saturated rings. The Morgan fingerprint density at radius 1 is 0.958 bits per heavy atom. The third-order valence-electron chi connectivity index (χ3n) is 3.85.